The SMILES string of the molecule is COc1cc([C@@H](O)[C@H](CC2Cc3ccccc3C2)Cn2ccc(CC(CO)C(=O)O)c2)cc(OC)c1C. The number of methoxy groups -OCH3 is 2. The number of hydrogen-bond donors (Lipinski definition) is 3. The number of fused-ring (bicyclic) bond motifs is 1. The van der Waals surface area contributed by atoms with Crippen LogP contribution in [0.1, 0.15) is 40.3 Å². The minimum Gasteiger partial charge on any atom is -0.496 e. The summed E-state index contributed by atoms with van der Waals surface area (Å²) in [6, 6.07) is 14.2. The highest BCUT2D eigenvalue weighted by Gasteiger charge is 2.30. The van der Waals surface area contributed by atoms with Gasteiger partial charge < -0.3 is 29.4 Å². The summed E-state index contributed by atoms with van der Waals surface area (Å²) < 4.78 is 13.1. The Bertz CT molecular complexity index is 1170. The molecular weight excluding hydrogens is 470 g/mol. The molecule has 1 unspecified atom stereocenters. The highest BCUT2D eigenvalue weighted by atomic mass is 16.5. The summed E-state index contributed by atoms with van der Waals surface area (Å²) >= 11 is 0. The minimum atomic E-state index is -1.01. The van der Waals surface area contributed by atoms with E-state index in [0.29, 0.717) is 24.0 Å². The number of nitrogens with zero attached hydrogens (tertiary/aromatic N) is 1. The number of hydrogen-bond acceptors (Lipinski definition) is 5. The smallest absolute Gasteiger partial charge is 0.309 e. The number of carbonyl (C=O) groups is 1. The highest BCUT2D eigenvalue weighted by Crippen LogP contribution is 2.39. The topological polar surface area (TPSA) is 101 Å². The Hall–Kier alpha value is -3.29. The summed E-state index contributed by atoms with van der Waals surface area (Å²) in [4.78, 5) is 11.4. The van der Waals surface area contributed by atoms with Crippen LogP contribution in [0.5, 0.6) is 11.5 Å². The van der Waals surface area contributed by atoms with Crippen molar-refractivity contribution in [2.75, 3.05) is 20.8 Å². The molecule has 7 nitrogen and oxygen atoms in total. The van der Waals surface area contributed by atoms with Crippen molar-refractivity contribution in [2.24, 2.45) is 17.8 Å². The third-order valence-electron chi connectivity index (χ3n) is 7.64. The summed E-state index contributed by atoms with van der Waals surface area (Å²) in [5.74, 6) is -0.162. The number of carboxylic acids is 1. The van der Waals surface area contributed by atoms with Crippen LogP contribution in [0, 0.1) is 24.7 Å². The zero-order chi connectivity index (χ0) is 26.5. The van der Waals surface area contributed by atoms with Gasteiger partial charge in [0.2, 0.25) is 0 Å². The largest absolute Gasteiger partial charge is 0.496 e. The molecule has 0 aliphatic heterocycles. The van der Waals surface area contributed by atoms with E-state index in [1.807, 2.05) is 42.1 Å². The van der Waals surface area contributed by atoms with E-state index in [-0.39, 0.29) is 12.3 Å². The Labute approximate surface area is 218 Å². The molecule has 2 aromatic carbocycles. The maximum Gasteiger partial charge on any atom is 0.309 e. The first-order chi connectivity index (χ1) is 17.8. The van der Waals surface area contributed by atoms with Gasteiger partial charge in [-0.1, -0.05) is 24.3 Å². The Morgan fingerprint density at radius 3 is 2.24 bits per heavy atom. The fourth-order valence-electron chi connectivity index (χ4n) is 5.61. The normalized spacial score (nSPS) is 15.7. The molecule has 0 saturated heterocycles. The lowest BCUT2D eigenvalue weighted by atomic mass is 9.85. The van der Waals surface area contributed by atoms with Gasteiger partial charge in [-0.3, -0.25) is 4.79 Å². The maximum atomic E-state index is 11.7. The second-order valence-electron chi connectivity index (χ2n) is 10.2. The monoisotopic (exact) mass is 507 g/mol. The van der Waals surface area contributed by atoms with E-state index in [4.69, 9.17) is 9.47 Å². The molecule has 3 atom stereocenters. The van der Waals surface area contributed by atoms with Gasteiger partial charge in [-0.2, -0.15) is 0 Å². The average Bonchev–Trinajstić information content (AvgIpc) is 3.52. The fraction of sp³-hybridized carbons (Fsp3) is 0.433. The number of aliphatic hydroxyl groups is 2. The Morgan fingerprint density at radius 1 is 1.08 bits per heavy atom. The number of ether oxygens (including phenoxy) is 2. The zero-order valence-corrected chi connectivity index (χ0v) is 21.8. The molecule has 7 heteroatoms. The molecule has 0 spiro atoms. The van der Waals surface area contributed by atoms with Crippen LogP contribution in [0.3, 0.4) is 0 Å². The lowest BCUT2D eigenvalue weighted by molar-refractivity contribution is -0.143. The third kappa shape index (κ3) is 6.17. The summed E-state index contributed by atoms with van der Waals surface area (Å²) in [6.45, 7) is 2.10. The first kappa shape index (κ1) is 26.8. The predicted molar refractivity (Wildman–Crippen MR) is 141 cm³/mol. The molecule has 37 heavy (non-hydrogen) atoms. The second kappa shape index (κ2) is 11.8. The summed E-state index contributed by atoms with van der Waals surface area (Å²) in [6.07, 6.45) is 6.17. The third-order valence-corrected chi connectivity index (χ3v) is 7.64. The summed E-state index contributed by atoms with van der Waals surface area (Å²) in [7, 11) is 3.23. The number of carboxylic acid groups (broad SMARTS) is 1. The quantitative estimate of drug-likeness (QED) is 0.340. The van der Waals surface area contributed by atoms with E-state index in [9.17, 15) is 20.1 Å². The van der Waals surface area contributed by atoms with Crippen LogP contribution in [0.15, 0.2) is 54.9 Å². The molecular formula is C30H37NO6. The van der Waals surface area contributed by atoms with Crippen molar-refractivity contribution in [1.29, 1.82) is 0 Å². The van der Waals surface area contributed by atoms with Crippen molar-refractivity contribution in [2.45, 2.75) is 45.3 Å². The van der Waals surface area contributed by atoms with Gasteiger partial charge in [-0.25, -0.2) is 0 Å². The molecule has 1 aliphatic rings. The molecule has 1 heterocycles. The van der Waals surface area contributed by atoms with Gasteiger partial charge in [0.25, 0.3) is 0 Å². The fourth-order valence-corrected chi connectivity index (χ4v) is 5.61. The van der Waals surface area contributed by atoms with E-state index in [0.717, 1.165) is 36.0 Å². The molecule has 0 fully saturated rings. The Balaban J connectivity index is 1.59. The van der Waals surface area contributed by atoms with Crippen molar-refractivity contribution in [3.63, 3.8) is 0 Å². The van der Waals surface area contributed by atoms with Crippen LogP contribution in [-0.4, -0.2) is 46.7 Å². The molecule has 198 valence electrons. The molecule has 4 rings (SSSR count). The molecule has 1 aliphatic carbocycles. The van der Waals surface area contributed by atoms with Crippen LogP contribution in [0.2, 0.25) is 0 Å². The van der Waals surface area contributed by atoms with Crippen molar-refractivity contribution >= 4 is 5.97 Å². The van der Waals surface area contributed by atoms with Crippen LogP contribution in [0.4, 0.5) is 0 Å². The van der Waals surface area contributed by atoms with Crippen molar-refractivity contribution < 1.29 is 29.6 Å². The first-order valence-corrected chi connectivity index (χ1v) is 12.8. The van der Waals surface area contributed by atoms with E-state index in [1.54, 1.807) is 14.2 Å². The lowest BCUT2D eigenvalue weighted by Crippen LogP contribution is -2.22. The molecule has 3 aromatic rings. The van der Waals surface area contributed by atoms with Gasteiger partial charge in [-0.15, -0.1) is 0 Å². The van der Waals surface area contributed by atoms with Crippen molar-refractivity contribution in [1.82, 2.24) is 4.57 Å². The van der Waals surface area contributed by atoms with E-state index < -0.39 is 24.6 Å². The predicted octanol–water partition coefficient (Wildman–Crippen LogP) is 4.20. The number of benzene rings is 2. The minimum absolute atomic E-state index is 0.0928. The first-order valence-electron chi connectivity index (χ1n) is 12.8. The Morgan fingerprint density at radius 2 is 1.70 bits per heavy atom. The summed E-state index contributed by atoms with van der Waals surface area (Å²) in [5, 5.41) is 30.4. The van der Waals surface area contributed by atoms with E-state index in [2.05, 4.69) is 24.3 Å². The van der Waals surface area contributed by atoms with Gasteiger partial charge in [0.15, 0.2) is 0 Å². The average molecular weight is 508 g/mol. The number of aliphatic carboxylic acids is 1. The van der Waals surface area contributed by atoms with Crippen molar-refractivity contribution in [3.8, 4) is 11.5 Å². The second-order valence-corrected chi connectivity index (χ2v) is 10.2. The van der Waals surface area contributed by atoms with Crippen LogP contribution < -0.4 is 9.47 Å². The van der Waals surface area contributed by atoms with Crippen LogP contribution in [0.25, 0.3) is 0 Å². The molecule has 0 amide bonds. The van der Waals surface area contributed by atoms with E-state index in [1.165, 1.54) is 11.1 Å². The number of rotatable bonds is 12. The van der Waals surface area contributed by atoms with Gasteiger partial charge in [0, 0.05) is 30.4 Å². The molecule has 1 aromatic heterocycles. The summed E-state index contributed by atoms with van der Waals surface area (Å²) in [5.41, 5.74) is 5.24. The lowest BCUT2D eigenvalue weighted by Gasteiger charge is -2.27. The van der Waals surface area contributed by atoms with Crippen LogP contribution >= 0.6 is 0 Å². The molecule has 0 radical (unpaired) electrons. The van der Waals surface area contributed by atoms with Crippen molar-refractivity contribution in [3.05, 3.63) is 82.7 Å². The van der Waals surface area contributed by atoms with Gasteiger partial charge in [-0.05, 0) is 79.0 Å². The maximum absolute atomic E-state index is 11.7. The zero-order valence-electron chi connectivity index (χ0n) is 21.8. The van der Waals surface area contributed by atoms with E-state index >= 15 is 0 Å². The highest BCUT2D eigenvalue weighted by molar-refractivity contribution is 5.70. The van der Waals surface area contributed by atoms with Gasteiger partial charge in [0.1, 0.15) is 11.5 Å². The van der Waals surface area contributed by atoms with Gasteiger partial charge in [0.05, 0.1) is 32.8 Å². The molecule has 0 bridgehead atoms. The number of aliphatic hydroxyl groups excluding tert-OH is 2. The molecule has 3 N–H and O–H groups in total. The van der Waals surface area contributed by atoms with Gasteiger partial charge >= 0.3 is 5.97 Å². The standard InChI is InChI=1S/C30H37NO6/c1-19-27(36-2)14-24(15-28(19)37-3)29(33)25(13-21-11-22-6-4-5-7-23(22)12-21)17-31-9-8-20(16-31)10-26(18-32)30(34)35/h4-9,14-16,21,25-26,29,32-33H,10-13,17-18H2,1-3H3,(H,34,35)/t25-,26?,29-/m1/s1. The Kier molecular flexibility index (Phi) is 8.56. The van der Waals surface area contributed by atoms with Crippen LogP contribution in [-0.2, 0) is 30.6 Å². The molecule has 0 saturated carbocycles. The number of aromatic nitrogens is 1.